The molecule has 1 N–H and O–H groups in total. The first kappa shape index (κ1) is 12.0. The molecule has 2 atom stereocenters. The van der Waals surface area contributed by atoms with Crippen molar-refractivity contribution < 1.29 is 0 Å². The largest absolute Gasteiger partial charge is 0.311 e. The second-order valence-electron chi connectivity index (χ2n) is 7.01. The molecule has 0 heterocycles. The van der Waals surface area contributed by atoms with Gasteiger partial charge in [0.1, 0.15) is 0 Å². The maximum Gasteiger partial charge on any atom is 0.0126 e. The molecule has 0 bridgehead atoms. The molecule has 3 aliphatic carbocycles. The molecular formula is C16H29N. The molecule has 17 heavy (non-hydrogen) atoms. The molecule has 1 unspecified atom stereocenters. The van der Waals surface area contributed by atoms with Gasteiger partial charge in [-0.15, -0.1) is 0 Å². The summed E-state index contributed by atoms with van der Waals surface area (Å²) in [6.45, 7) is 2.45. The minimum atomic E-state index is 0.741. The van der Waals surface area contributed by atoms with Crippen molar-refractivity contribution in [2.24, 2.45) is 11.3 Å². The van der Waals surface area contributed by atoms with Crippen LogP contribution in [0.5, 0.6) is 0 Å². The van der Waals surface area contributed by atoms with Crippen molar-refractivity contribution in [3.05, 3.63) is 0 Å². The van der Waals surface area contributed by atoms with Crippen LogP contribution in [0.1, 0.15) is 77.6 Å². The van der Waals surface area contributed by atoms with Crippen LogP contribution in [0.25, 0.3) is 0 Å². The molecule has 3 saturated carbocycles. The van der Waals surface area contributed by atoms with Gasteiger partial charge in [-0.25, -0.2) is 0 Å². The second kappa shape index (κ2) is 4.91. The lowest BCUT2D eigenvalue weighted by atomic mass is 9.57. The van der Waals surface area contributed by atoms with Gasteiger partial charge in [0.05, 0.1) is 0 Å². The molecule has 0 amide bonds. The molecule has 0 saturated heterocycles. The third-order valence-electron chi connectivity index (χ3n) is 6.09. The van der Waals surface area contributed by atoms with Gasteiger partial charge in [-0.1, -0.05) is 32.1 Å². The van der Waals surface area contributed by atoms with Crippen LogP contribution >= 0.6 is 0 Å². The number of rotatable bonds is 3. The van der Waals surface area contributed by atoms with Crippen LogP contribution in [0.2, 0.25) is 0 Å². The normalized spacial score (nSPS) is 34.8. The molecule has 0 aromatic heterocycles. The lowest BCUT2D eigenvalue weighted by molar-refractivity contribution is 0.0135. The van der Waals surface area contributed by atoms with Gasteiger partial charge in [0.15, 0.2) is 0 Å². The van der Waals surface area contributed by atoms with Crippen LogP contribution in [0, 0.1) is 11.3 Å². The minimum Gasteiger partial charge on any atom is -0.311 e. The summed E-state index contributed by atoms with van der Waals surface area (Å²) in [5.74, 6) is 0.983. The Bertz CT molecular complexity index is 248. The summed E-state index contributed by atoms with van der Waals surface area (Å²) in [6, 6.07) is 1.65. The molecule has 3 fully saturated rings. The average molecular weight is 235 g/mol. The van der Waals surface area contributed by atoms with E-state index in [1.807, 2.05) is 0 Å². The van der Waals surface area contributed by atoms with E-state index in [1.165, 1.54) is 70.6 Å². The fourth-order valence-electron chi connectivity index (χ4n) is 4.72. The zero-order chi connectivity index (χ0) is 11.7. The zero-order valence-electron chi connectivity index (χ0n) is 11.5. The summed E-state index contributed by atoms with van der Waals surface area (Å²) >= 11 is 0. The molecule has 1 spiro atoms. The monoisotopic (exact) mass is 235 g/mol. The summed E-state index contributed by atoms with van der Waals surface area (Å²) < 4.78 is 0. The van der Waals surface area contributed by atoms with Gasteiger partial charge < -0.3 is 5.32 Å². The SMILES string of the molecule is C[C@H](NC1CCC12CCCCC2)C1CCCC1. The summed E-state index contributed by atoms with van der Waals surface area (Å²) in [7, 11) is 0. The van der Waals surface area contributed by atoms with E-state index in [2.05, 4.69) is 12.2 Å². The maximum atomic E-state index is 4.02. The molecule has 1 heteroatoms. The summed E-state index contributed by atoms with van der Waals surface area (Å²) in [4.78, 5) is 0. The zero-order valence-corrected chi connectivity index (χ0v) is 11.5. The van der Waals surface area contributed by atoms with Crippen LogP contribution in [-0.2, 0) is 0 Å². The van der Waals surface area contributed by atoms with E-state index in [-0.39, 0.29) is 0 Å². The van der Waals surface area contributed by atoms with Crippen molar-refractivity contribution in [2.75, 3.05) is 0 Å². The van der Waals surface area contributed by atoms with E-state index in [9.17, 15) is 0 Å². The van der Waals surface area contributed by atoms with Crippen LogP contribution in [-0.4, -0.2) is 12.1 Å². The number of hydrogen-bond acceptors (Lipinski definition) is 1. The fraction of sp³-hybridized carbons (Fsp3) is 1.00. The first-order valence-corrected chi connectivity index (χ1v) is 8.06. The molecule has 0 radical (unpaired) electrons. The van der Waals surface area contributed by atoms with Crippen LogP contribution in [0.3, 0.4) is 0 Å². The van der Waals surface area contributed by atoms with Gasteiger partial charge in [-0.2, -0.15) is 0 Å². The molecule has 1 nitrogen and oxygen atoms in total. The quantitative estimate of drug-likeness (QED) is 0.770. The van der Waals surface area contributed by atoms with Crippen LogP contribution in [0.15, 0.2) is 0 Å². The van der Waals surface area contributed by atoms with Crippen molar-refractivity contribution in [3.63, 3.8) is 0 Å². The Hall–Kier alpha value is -0.0400. The van der Waals surface area contributed by atoms with E-state index in [0.717, 1.165) is 23.4 Å². The molecule has 0 aromatic rings. The van der Waals surface area contributed by atoms with E-state index in [4.69, 9.17) is 0 Å². The highest BCUT2D eigenvalue weighted by atomic mass is 15.0. The smallest absolute Gasteiger partial charge is 0.0126 e. The summed E-state index contributed by atoms with van der Waals surface area (Å²) in [5, 5.41) is 4.02. The molecular weight excluding hydrogens is 206 g/mol. The first-order valence-electron chi connectivity index (χ1n) is 8.06. The Morgan fingerprint density at radius 1 is 0.882 bits per heavy atom. The fourth-order valence-corrected chi connectivity index (χ4v) is 4.72. The van der Waals surface area contributed by atoms with Crippen molar-refractivity contribution in [3.8, 4) is 0 Å². The Balaban J connectivity index is 1.54. The van der Waals surface area contributed by atoms with Gasteiger partial charge in [-0.3, -0.25) is 0 Å². The molecule has 3 rings (SSSR count). The molecule has 0 aliphatic heterocycles. The average Bonchev–Trinajstić information content (AvgIpc) is 2.89. The van der Waals surface area contributed by atoms with E-state index < -0.39 is 0 Å². The van der Waals surface area contributed by atoms with Gasteiger partial charge in [0.2, 0.25) is 0 Å². The van der Waals surface area contributed by atoms with Crippen molar-refractivity contribution in [2.45, 2.75) is 89.6 Å². The Morgan fingerprint density at radius 3 is 2.18 bits per heavy atom. The number of nitrogens with one attached hydrogen (secondary N) is 1. The second-order valence-corrected chi connectivity index (χ2v) is 7.01. The Morgan fingerprint density at radius 2 is 1.59 bits per heavy atom. The van der Waals surface area contributed by atoms with Crippen LogP contribution in [0.4, 0.5) is 0 Å². The molecule has 3 aliphatic rings. The van der Waals surface area contributed by atoms with Gasteiger partial charge in [-0.05, 0) is 56.8 Å². The topological polar surface area (TPSA) is 12.0 Å². The lowest BCUT2D eigenvalue weighted by Crippen LogP contribution is -2.57. The molecule has 0 aromatic carbocycles. The summed E-state index contributed by atoms with van der Waals surface area (Å²) in [6.07, 6.45) is 16.4. The Kier molecular flexibility index (Phi) is 3.47. The highest BCUT2D eigenvalue weighted by Crippen LogP contribution is 2.52. The molecule has 98 valence electrons. The van der Waals surface area contributed by atoms with Crippen molar-refractivity contribution in [1.82, 2.24) is 5.32 Å². The van der Waals surface area contributed by atoms with E-state index in [0.29, 0.717) is 0 Å². The van der Waals surface area contributed by atoms with Gasteiger partial charge >= 0.3 is 0 Å². The minimum absolute atomic E-state index is 0.741. The third-order valence-corrected chi connectivity index (χ3v) is 6.09. The number of hydrogen-bond donors (Lipinski definition) is 1. The lowest BCUT2D eigenvalue weighted by Gasteiger charge is -2.54. The predicted octanol–water partition coefficient (Wildman–Crippen LogP) is 4.27. The maximum absolute atomic E-state index is 4.02. The van der Waals surface area contributed by atoms with Gasteiger partial charge in [0.25, 0.3) is 0 Å². The highest BCUT2D eigenvalue weighted by Gasteiger charge is 2.47. The summed E-state index contributed by atoms with van der Waals surface area (Å²) in [5.41, 5.74) is 0.741. The van der Waals surface area contributed by atoms with Crippen molar-refractivity contribution in [1.29, 1.82) is 0 Å². The van der Waals surface area contributed by atoms with E-state index >= 15 is 0 Å². The third kappa shape index (κ3) is 2.28. The van der Waals surface area contributed by atoms with E-state index in [1.54, 1.807) is 0 Å². The standard InChI is InChI=1S/C16H29N/c1-13(14-7-3-4-8-14)17-15-9-12-16(15)10-5-2-6-11-16/h13-15,17H,2-12H2,1H3/t13-,15?/m0/s1. The first-order chi connectivity index (χ1) is 8.30. The predicted molar refractivity (Wildman–Crippen MR) is 73.1 cm³/mol. The van der Waals surface area contributed by atoms with Gasteiger partial charge in [0, 0.05) is 12.1 Å². The van der Waals surface area contributed by atoms with Crippen LogP contribution < -0.4 is 5.32 Å². The van der Waals surface area contributed by atoms with Crippen molar-refractivity contribution >= 4 is 0 Å². The highest BCUT2D eigenvalue weighted by molar-refractivity contribution is 5.02. The Labute approximate surface area is 107 Å².